The van der Waals surface area contributed by atoms with Gasteiger partial charge in [0.25, 0.3) is 0 Å². The van der Waals surface area contributed by atoms with Crippen LogP contribution in [-0.4, -0.2) is 50.1 Å². The van der Waals surface area contributed by atoms with Gasteiger partial charge in [0.05, 0.1) is 13.1 Å². The maximum atomic E-state index is 11.6. The molecule has 8 heteroatoms. The molecule has 148 valence electrons. The normalized spacial score (nSPS) is 11.8. The van der Waals surface area contributed by atoms with E-state index in [0.29, 0.717) is 0 Å². The molecule has 2 N–H and O–H groups in total. The van der Waals surface area contributed by atoms with Crippen LogP contribution in [0.5, 0.6) is 0 Å². The SMILES string of the molecule is CC(C)(C)C(=O)NCCOC(=O)/C=C/C(=O)OCCNC(=O)C(C)(C)C. The van der Waals surface area contributed by atoms with Gasteiger partial charge in [-0.05, 0) is 0 Å². The van der Waals surface area contributed by atoms with Gasteiger partial charge in [0.2, 0.25) is 11.8 Å². The van der Waals surface area contributed by atoms with Crippen molar-refractivity contribution in [1.29, 1.82) is 0 Å². The third-order valence-electron chi connectivity index (χ3n) is 2.98. The summed E-state index contributed by atoms with van der Waals surface area (Å²) in [6.07, 6.45) is 1.89. The highest BCUT2D eigenvalue weighted by atomic mass is 16.5. The number of hydrogen-bond acceptors (Lipinski definition) is 6. The van der Waals surface area contributed by atoms with Crippen molar-refractivity contribution >= 4 is 23.8 Å². The van der Waals surface area contributed by atoms with Crippen LogP contribution in [0.2, 0.25) is 0 Å². The van der Waals surface area contributed by atoms with Crippen molar-refractivity contribution in [1.82, 2.24) is 10.6 Å². The molecule has 0 aliphatic heterocycles. The molecule has 0 unspecified atom stereocenters. The first kappa shape index (κ1) is 23.6. The number of hydrogen-bond donors (Lipinski definition) is 2. The lowest BCUT2D eigenvalue weighted by molar-refractivity contribution is -0.140. The zero-order valence-corrected chi connectivity index (χ0v) is 16.4. The van der Waals surface area contributed by atoms with E-state index in [-0.39, 0.29) is 38.1 Å². The average Bonchev–Trinajstić information content (AvgIpc) is 2.51. The summed E-state index contributed by atoms with van der Waals surface area (Å²) < 4.78 is 9.69. The summed E-state index contributed by atoms with van der Waals surface area (Å²) in [6, 6.07) is 0. The molecule has 26 heavy (non-hydrogen) atoms. The number of carbonyl (C=O) groups is 4. The Morgan fingerprint density at radius 3 is 1.27 bits per heavy atom. The topological polar surface area (TPSA) is 111 Å². The first-order valence-electron chi connectivity index (χ1n) is 8.42. The minimum atomic E-state index is -0.715. The van der Waals surface area contributed by atoms with Crippen LogP contribution in [-0.2, 0) is 28.7 Å². The quantitative estimate of drug-likeness (QED) is 0.374. The summed E-state index contributed by atoms with van der Waals surface area (Å²) in [5, 5.41) is 5.26. The van der Waals surface area contributed by atoms with E-state index in [2.05, 4.69) is 10.6 Å². The molecule has 0 aromatic rings. The molecule has 0 aliphatic carbocycles. The van der Waals surface area contributed by atoms with Crippen LogP contribution in [0.15, 0.2) is 12.2 Å². The van der Waals surface area contributed by atoms with Gasteiger partial charge in [0, 0.05) is 23.0 Å². The van der Waals surface area contributed by atoms with Gasteiger partial charge in [0.15, 0.2) is 0 Å². The predicted octanol–water partition coefficient (Wildman–Crippen LogP) is 0.954. The maximum Gasteiger partial charge on any atom is 0.331 e. The van der Waals surface area contributed by atoms with E-state index < -0.39 is 22.8 Å². The second kappa shape index (κ2) is 10.6. The van der Waals surface area contributed by atoms with Gasteiger partial charge in [-0.25, -0.2) is 9.59 Å². The van der Waals surface area contributed by atoms with Crippen LogP contribution in [0.3, 0.4) is 0 Å². The molecule has 0 atom stereocenters. The van der Waals surface area contributed by atoms with Crippen molar-refractivity contribution in [2.24, 2.45) is 10.8 Å². The second-order valence-electron chi connectivity index (χ2n) is 7.68. The molecular formula is C18H30N2O6. The lowest BCUT2D eigenvalue weighted by Crippen LogP contribution is -2.37. The summed E-state index contributed by atoms with van der Waals surface area (Å²) in [7, 11) is 0. The smallest absolute Gasteiger partial charge is 0.331 e. The van der Waals surface area contributed by atoms with E-state index in [1.807, 2.05) is 0 Å². The molecule has 8 nitrogen and oxygen atoms in total. The third-order valence-corrected chi connectivity index (χ3v) is 2.98. The number of esters is 2. The number of nitrogens with one attached hydrogen (secondary N) is 2. The van der Waals surface area contributed by atoms with Crippen molar-refractivity contribution in [3.63, 3.8) is 0 Å². The van der Waals surface area contributed by atoms with E-state index >= 15 is 0 Å². The maximum absolute atomic E-state index is 11.6. The molecule has 0 heterocycles. The fraction of sp³-hybridized carbons (Fsp3) is 0.667. The van der Waals surface area contributed by atoms with E-state index in [1.54, 1.807) is 41.5 Å². The summed E-state index contributed by atoms with van der Waals surface area (Å²) in [5.41, 5.74) is -1.03. The van der Waals surface area contributed by atoms with Crippen molar-refractivity contribution in [3.05, 3.63) is 12.2 Å². The Balaban J connectivity index is 3.91. The van der Waals surface area contributed by atoms with Crippen molar-refractivity contribution < 1.29 is 28.7 Å². The van der Waals surface area contributed by atoms with E-state index in [4.69, 9.17) is 9.47 Å². The van der Waals surface area contributed by atoms with Crippen molar-refractivity contribution in [2.45, 2.75) is 41.5 Å². The highest BCUT2D eigenvalue weighted by Gasteiger charge is 2.21. The molecule has 2 amide bonds. The van der Waals surface area contributed by atoms with E-state index in [0.717, 1.165) is 12.2 Å². The lowest BCUT2D eigenvalue weighted by atomic mass is 9.96. The van der Waals surface area contributed by atoms with Gasteiger partial charge in [0.1, 0.15) is 13.2 Å². The summed E-state index contributed by atoms with van der Waals surface area (Å²) in [5.74, 6) is -1.72. The molecule has 0 saturated heterocycles. The lowest BCUT2D eigenvalue weighted by Gasteiger charge is -2.17. The Morgan fingerprint density at radius 2 is 1.00 bits per heavy atom. The van der Waals surface area contributed by atoms with Gasteiger partial charge in [-0.1, -0.05) is 41.5 Å². The number of rotatable bonds is 8. The number of carbonyl (C=O) groups excluding carboxylic acids is 4. The average molecular weight is 370 g/mol. The van der Waals surface area contributed by atoms with Gasteiger partial charge < -0.3 is 20.1 Å². The standard InChI is InChI=1S/C18H30N2O6/c1-17(2,3)15(23)19-9-11-25-13(21)7-8-14(22)26-12-10-20-16(24)18(4,5)6/h7-8H,9-12H2,1-6H3,(H,19,23)(H,20,24)/b8-7+. The van der Waals surface area contributed by atoms with Gasteiger partial charge >= 0.3 is 11.9 Å². The zero-order chi connectivity index (χ0) is 20.4. The number of ether oxygens (including phenoxy) is 2. The summed E-state index contributed by atoms with van der Waals surface area (Å²) >= 11 is 0. The molecule has 0 aromatic heterocycles. The van der Waals surface area contributed by atoms with Gasteiger partial charge in [-0.15, -0.1) is 0 Å². The summed E-state index contributed by atoms with van der Waals surface area (Å²) in [6.45, 7) is 11.0. The van der Waals surface area contributed by atoms with Crippen LogP contribution in [0, 0.1) is 10.8 Å². The minimum absolute atomic E-state index is 0.00112. The van der Waals surface area contributed by atoms with Crippen LogP contribution < -0.4 is 10.6 Å². The van der Waals surface area contributed by atoms with Crippen LogP contribution in [0.1, 0.15) is 41.5 Å². The van der Waals surface area contributed by atoms with Crippen LogP contribution >= 0.6 is 0 Å². The predicted molar refractivity (Wildman–Crippen MR) is 96.0 cm³/mol. The highest BCUT2D eigenvalue weighted by Crippen LogP contribution is 2.12. The Kier molecular flexibility index (Phi) is 9.61. The highest BCUT2D eigenvalue weighted by molar-refractivity contribution is 5.91. The van der Waals surface area contributed by atoms with Crippen molar-refractivity contribution in [2.75, 3.05) is 26.3 Å². The van der Waals surface area contributed by atoms with Gasteiger partial charge in [-0.2, -0.15) is 0 Å². The van der Waals surface area contributed by atoms with Gasteiger partial charge in [-0.3, -0.25) is 9.59 Å². The Labute approximate surface area is 154 Å². The second-order valence-corrected chi connectivity index (χ2v) is 7.68. The molecule has 0 aromatic carbocycles. The molecular weight excluding hydrogens is 340 g/mol. The zero-order valence-electron chi connectivity index (χ0n) is 16.4. The molecule has 0 rings (SSSR count). The molecule has 0 saturated carbocycles. The monoisotopic (exact) mass is 370 g/mol. The largest absolute Gasteiger partial charge is 0.461 e. The fourth-order valence-electron chi connectivity index (χ4n) is 1.40. The van der Waals surface area contributed by atoms with E-state index in [9.17, 15) is 19.2 Å². The van der Waals surface area contributed by atoms with E-state index in [1.165, 1.54) is 0 Å². The van der Waals surface area contributed by atoms with Crippen LogP contribution in [0.4, 0.5) is 0 Å². The number of amides is 2. The summed E-state index contributed by atoms with van der Waals surface area (Å²) in [4.78, 5) is 46.1. The first-order chi connectivity index (χ1) is 11.8. The molecule has 0 bridgehead atoms. The molecule has 0 aliphatic rings. The molecule has 0 fully saturated rings. The third kappa shape index (κ3) is 11.2. The Hall–Kier alpha value is -2.38. The molecule has 0 radical (unpaired) electrons. The molecule has 0 spiro atoms. The van der Waals surface area contributed by atoms with Crippen molar-refractivity contribution in [3.8, 4) is 0 Å². The fourth-order valence-corrected chi connectivity index (χ4v) is 1.40. The first-order valence-corrected chi connectivity index (χ1v) is 8.42. The van der Waals surface area contributed by atoms with Crippen LogP contribution in [0.25, 0.3) is 0 Å². The minimum Gasteiger partial charge on any atom is -0.461 e. The Morgan fingerprint density at radius 1 is 0.692 bits per heavy atom. The Bertz CT molecular complexity index is 493.